The molecule has 0 spiro atoms. The van der Waals surface area contributed by atoms with E-state index in [1.54, 1.807) is 18.2 Å². The summed E-state index contributed by atoms with van der Waals surface area (Å²) >= 11 is 9.49. The van der Waals surface area contributed by atoms with E-state index in [1.165, 1.54) is 6.42 Å². The zero-order chi connectivity index (χ0) is 24.1. The third-order valence-corrected chi connectivity index (χ3v) is 9.06. The first-order valence-electron chi connectivity index (χ1n) is 12.0. The van der Waals surface area contributed by atoms with Gasteiger partial charge >= 0.3 is 7.12 Å². The first-order valence-corrected chi connectivity index (χ1v) is 13.2. The van der Waals surface area contributed by atoms with Crippen LogP contribution in [0.3, 0.4) is 0 Å². The van der Waals surface area contributed by atoms with E-state index in [2.05, 4.69) is 55.9 Å². The maximum absolute atomic E-state index is 12.9. The molecule has 1 aromatic carbocycles. The first kappa shape index (κ1) is 25.2. The summed E-state index contributed by atoms with van der Waals surface area (Å²) in [7, 11) is -0.378. The normalized spacial score (nSPS) is 30.5. The number of halogens is 2. The van der Waals surface area contributed by atoms with E-state index >= 15 is 0 Å². The second-order valence-corrected chi connectivity index (χ2v) is 12.6. The molecule has 33 heavy (non-hydrogen) atoms. The molecule has 0 radical (unpaired) electrons. The summed E-state index contributed by atoms with van der Waals surface area (Å²) in [4.78, 5) is 25.4. The molecule has 3 aliphatic carbocycles. The lowest BCUT2D eigenvalue weighted by Crippen LogP contribution is -2.65. The summed E-state index contributed by atoms with van der Waals surface area (Å²) in [6, 6.07) is 5.08. The van der Waals surface area contributed by atoms with Crippen LogP contribution in [0.4, 0.5) is 0 Å². The standard InChI is InChI=1S/C25H34BBrClNO4/c1-14(2)8-16(11-18(30)13-29-23(31)19-12-17(27)6-7-20(19)28)26-32-22-10-15-9-21(24(15,3)4)25(22,5)33-26/h6-7,12,14-16,21-22H,8-11,13H2,1-5H3,(H,29,31)/t15-,16+,21-,22+,25-/m0/s1. The Bertz CT molecular complexity index is 941. The second-order valence-electron chi connectivity index (χ2n) is 11.3. The van der Waals surface area contributed by atoms with Crippen LogP contribution in [0.25, 0.3) is 0 Å². The number of carbonyl (C=O) groups is 2. The molecule has 5 atom stereocenters. The van der Waals surface area contributed by atoms with Gasteiger partial charge in [-0.25, -0.2) is 0 Å². The van der Waals surface area contributed by atoms with Crippen LogP contribution >= 0.6 is 27.5 Å². The summed E-state index contributed by atoms with van der Waals surface area (Å²) < 4.78 is 13.9. The van der Waals surface area contributed by atoms with Gasteiger partial charge in [-0.2, -0.15) is 0 Å². The topological polar surface area (TPSA) is 64.6 Å². The Hall–Kier alpha value is -0.885. The zero-order valence-electron chi connectivity index (χ0n) is 20.1. The highest BCUT2D eigenvalue weighted by atomic mass is 79.9. The van der Waals surface area contributed by atoms with Crippen LogP contribution < -0.4 is 5.32 Å². The molecule has 5 nitrogen and oxygen atoms in total. The molecule has 1 saturated heterocycles. The third kappa shape index (κ3) is 4.80. The van der Waals surface area contributed by atoms with E-state index < -0.39 is 0 Å². The lowest BCUT2D eigenvalue weighted by Gasteiger charge is -2.64. The zero-order valence-corrected chi connectivity index (χ0v) is 22.5. The maximum atomic E-state index is 12.9. The molecular weight excluding hydrogens is 504 g/mol. The van der Waals surface area contributed by atoms with Crippen LogP contribution in [0.2, 0.25) is 10.8 Å². The van der Waals surface area contributed by atoms with Crippen LogP contribution in [-0.2, 0) is 14.1 Å². The van der Waals surface area contributed by atoms with Crippen molar-refractivity contribution in [2.45, 2.75) is 77.8 Å². The largest absolute Gasteiger partial charge is 0.461 e. The number of ketones is 1. The van der Waals surface area contributed by atoms with Crippen molar-refractivity contribution in [3.05, 3.63) is 33.3 Å². The van der Waals surface area contributed by atoms with Crippen molar-refractivity contribution in [3.63, 3.8) is 0 Å². The Morgan fingerprint density at radius 3 is 2.67 bits per heavy atom. The van der Waals surface area contributed by atoms with Crippen LogP contribution in [-0.4, -0.2) is 37.1 Å². The van der Waals surface area contributed by atoms with Crippen molar-refractivity contribution in [1.82, 2.24) is 5.32 Å². The summed E-state index contributed by atoms with van der Waals surface area (Å²) in [6.07, 6.45) is 3.48. The summed E-state index contributed by atoms with van der Waals surface area (Å²) in [5, 5.41) is 3.08. The molecule has 1 N–H and O–H groups in total. The van der Waals surface area contributed by atoms with E-state index in [1.807, 2.05) is 0 Å². The fourth-order valence-electron chi connectivity index (χ4n) is 6.31. The van der Waals surface area contributed by atoms with E-state index in [0.717, 1.165) is 17.3 Å². The molecule has 1 aliphatic heterocycles. The van der Waals surface area contributed by atoms with Crippen LogP contribution in [0.1, 0.15) is 70.7 Å². The van der Waals surface area contributed by atoms with Gasteiger partial charge in [-0.15, -0.1) is 0 Å². The van der Waals surface area contributed by atoms with Gasteiger partial charge in [-0.05, 0) is 67.6 Å². The van der Waals surface area contributed by atoms with Gasteiger partial charge in [-0.1, -0.05) is 55.2 Å². The maximum Gasteiger partial charge on any atom is 0.461 e. The van der Waals surface area contributed by atoms with Gasteiger partial charge in [0, 0.05) is 16.7 Å². The Morgan fingerprint density at radius 1 is 1.27 bits per heavy atom. The lowest BCUT2D eigenvalue weighted by molar-refractivity contribution is -0.199. The number of hydrogen-bond acceptors (Lipinski definition) is 4. The Balaban J connectivity index is 1.39. The first-order chi connectivity index (χ1) is 15.4. The van der Waals surface area contributed by atoms with Crippen LogP contribution in [0, 0.1) is 23.2 Å². The van der Waals surface area contributed by atoms with E-state index in [-0.39, 0.29) is 48.3 Å². The average molecular weight is 539 g/mol. The van der Waals surface area contributed by atoms with Crippen LogP contribution in [0.5, 0.6) is 0 Å². The number of amides is 1. The van der Waals surface area contributed by atoms with Gasteiger partial charge in [0.1, 0.15) is 0 Å². The molecule has 1 aromatic rings. The molecule has 5 rings (SSSR count). The molecule has 3 saturated carbocycles. The number of benzene rings is 1. The molecule has 0 aromatic heterocycles. The number of Topliss-reactive ketones (excluding diaryl/α,β-unsaturated/α-hetero) is 1. The minimum atomic E-state index is -0.378. The molecular formula is C25H34BBrClNO4. The highest BCUT2D eigenvalue weighted by Crippen LogP contribution is 2.66. The van der Waals surface area contributed by atoms with Gasteiger partial charge in [0.05, 0.1) is 28.8 Å². The second kappa shape index (κ2) is 9.29. The van der Waals surface area contributed by atoms with Crippen molar-refractivity contribution in [2.75, 3.05) is 6.54 Å². The van der Waals surface area contributed by atoms with Gasteiger partial charge in [0.15, 0.2) is 5.78 Å². The number of hydrogen-bond donors (Lipinski definition) is 1. The Morgan fingerprint density at radius 2 is 2.00 bits per heavy atom. The Kier molecular flexibility index (Phi) is 7.10. The lowest BCUT2D eigenvalue weighted by atomic mass is 9.43. The highest BCUT2D eigenvalue weighted by Gasteiger charge is 2.68. The molecule has 4 aliphatic rings. The van der Waals surface area contributed by atoms with Crippen molar-refractivity contribution in [1.29, 1.82) is 0 Å². The Labute approximate surface area is 211 Å². The smallest absolute Gasteiger partial charge is 0.405 e. The minimum Gasteiger partial charge on any atom is -0.405 e. The molecule has 1 heterocycles. The van der Waals surface area contributed by atoms with Gasteiger partial charge in [-0.3, -0.25) is 9.59 Å². The predicted octanol–water partition coefficient (Wildman–Crippen LogP) is 5.94. The molecule has 4 fully saturated rings. The van der Waals surface area contributed by atoms with Crippen molar-refractivity contribution in [2.24, 2.45) is 23.2 Å². The minimum absolute atomic E-state index is 0.0306. The molecule has 1 amide bonds. The van der Waals surface area contributed by atoms with E-state index in [0.29, 0.717) is 34.8 Å². The quantitative estimate of drug-likeness (QED) is 0.417. The molecule has 8 heteroatoms. The van der Waals surface area contributed by atoms with Crippen molar-refractivity contribution < 1.29 is 18.9 Å². The van der Waals surface area contributed by atoms with Crippen molar-refractivity contribution >= 4 is 46.3 Å². The van der Waals surface area contributed by atoms with Crippen molar-refractivity contribution in [3.8, 4) is 0 Å². The summed E-state index contributed by atoms with van der Waals surface area (Å²) in [6.45, 7) is 11.2. The average Bonchev–Trinajstić information content (AvgIpc) is 3.10. The van der Waals surface area contributed by atoms with E-state index in [9.17, 15) is 9.59 Å². The van der Waals surface area contributed by atoms with Gasteiger partial charge in [0.2, 0.25) is 0 Å². The van der Waals surface area contributed by atoms with Gasteiger partial charge < -0.3 is 14.6 Å². The van der Waals surface area contributed by atoms with E-state index in [4.69, 9.17) is 20.9 Å². The predicted molar refractivity (Wildman–Crippen MR) is 134 cm³/mol. The number of carbonyl (C=O) groups excluding carboxylic acids is 2. The summed E-state index contributed by atoms with van der Waals surface area (Å²) in [5.41, 5.74) is 0.344. The summed E-state index contributed by atoms with van der Waals surface area (Å²) in [5.74, 6) is 1.16. The van der Waals surface area contributed by atoms with Crippen LogP contribution in [0.15, 0.2) is 22.7 Å². The molecule has 180 valence electrons. The number of nitrogens with one attached hydrogen (secondary N) is 1. The fraction of sp³-hybridized carbons (Fsp3) is 0.680. The monoisotopic (exact) mass is 537 g/mol. The molecule has 0 unspecified atom stereocenters. The van der Waals surface area contributed by atoms with Gasteiger partial charge in [0.25, 0.3) is 5.91 Å². The SMILES string of the molecule is CC(C)C[C@H](CC(=O)CNC(=O)c1cc(Br)ccc1Cl)B1O[C@@H]2C[C@@H]3C[C@@H](C3(C)C)[C@]2(C)O1. The highest BCUT2D eigenvalue weighted by molar-refractivity contribution is 9.10. The third-order valence-electron chi connectivity index (χ3n) is 8.24. The molecule has 2 bridgehead atoms. The number of rotatable bonds is 8. The fourth-order valence-corrected chi connectivity index (χ4v) is 6.87.